The largest absolute Gasteiger partial charge is 0.493 e. The summed E-state index contributed by atoms with van der Waals surface area (Å²) in [5.74, 6) is 1.62. The molecule has 0 N–H and O–H groups in total. The number of ether oxygens (including phenoxy) is 2. The van der Waals surface area contributed by atoms with Gasteiger partial charge in [0, 0.05) is 6.54 Å². The van der Waals surface area contributed by atoms with E-state index in [2.05, 4.69) is 18.9 Å². The molecule has 0 aliphatic rings. The van der Waals surface area contributed by atoms with Gasteiger partial charge in [-0.05, 0) is 38.2 Å². The molecule has 1 aromatic rings. The molecular weight excluding hydrogens is 202 g/mol. The van der Waals surface area contributed by atoms with Crippen LogP contribution in [0.15, 0.2) is 18.2 Å². The van der Waals surface area contributed by atoms with E-state index in [1.807, 2.05) is 25.1 Å². The first-order valence-corrected chi connectivity index (χ1v) is 5.63. The molecule has 0 fully saturated rings. The van der Waals surface area contributed by atoms with Gasteiger partial charge in [-0.1, -0.05) is 13.0 Å². The summed E-state index contributed by atoms with van der Waals surface area (Å²) >= 11 is 0. The van der Waals surface area contributed by atoms with E-state index < -0.39 is 0 Å². The Kier molecular flexibility index (Phi) is 5.12. The van der Waals surface area contributed by atoms with Crippen molar-refractivity contribution in [2.24, 2.45) is 0 Å². The molecule has 3 nitrogen and oxygen atoms in total. The van der Waals surface area contributed by atoms with Crippen molar-refractivity contribution in [3.05, 3.63) is 23.8 Å². The van der Waals surface area contributed by atoms with Crippen LogP contribution in [0.5, 0.6) is 11.5 Å². The number of methoxy groups -OCH3 is 1. The highest BCUT2D eigenvalue weighted by Gasteiger charge is 2.04. The van der Waals surface area contributed by atoms with E-state index in [-0.39, 0.29) is 0 Å². The summed E-state index contributed by atoms with van der Waals surface area (Å²) in [6.07, 6.45) is 0. The monoisotopic (exact) mass is 223 g/mol. The van der Waals surface area contributed by atoms with Crippen LogP contribution in [0.1, 0.15) is 12.5 Å². The Hall–Kier alpha value is -1.22. The topological polar surface area (TPSA) is 21.7 Å². The van der Waals surface area contributed by atoms with E-state index >= 15 is 0 Å². The van der Waals surface area contributed by atoms with Crippen LogP contribution in [-0.2, 0) is 0 Å². The van der Waals surface area contributed by atoms with Gasteiger partial charge in [-0.15, -0.1) is 0 Å². The Bertz CT molecular complexity index is 326. The van der Waals surface area contributed by atoms with Gasteiger partial charge in [0.25, 0.3) is 0 Å². The minimum Gasteiger partial charge on any atom is -0.493 e. The van der Waals surface area contributed by atoms with E-state index in [4.69, 9.17) is 9.47 Å². The van der Waals surface area contributed by atoms with Crippen molar-refractivity contribution in [3.63, 3.8) is 0 Å². The number of hydrogen-bond acceptors (Lipinski definition) is 3. The van der Waals surface area contributed by atoms with E-state index in [1.54, 1.807) is 7.11 Å². The van der Waals surface area contributed by atoms with Crippen LogP contribution in [0.2, 0.25) is 0 Å². The summed E-state index contributed by atoms with van der Waals surface area (Å²) in [5.41, 5.74) is 1.18. The lowest BCUT2D eigenvalue weighted by Gasteiger charge is -2.15. The molecule has 0 spiro atoms. The summed E-state index contributed by atoms with van der Waals surface area (Å²) in [7, 11) is 3.74. The smallest absolute Gasteiger partial charge is 0.161 e. The highest BCUT2D eigenvalue weighted by Crippen LogP contribution is 2.27. The molecule has 0 radical (unpaired) electrons. The third-order valence-electron chi connectivity index (χ3n) is 2.59. The zero-order valence-electron chi connectivity index (χ0n) is 10.6. The molecule has 0 saturated heterocycles. The molecular formula is C13H21NO2. The molecule has 1 aromatic carbocycles. The molecule has 0 bridgehead atoms. The lowest BCUT2D eigenvalue weighted by Crippen LogP contribution is -2.23. The van der Waals surface area contributed by atoms with Crippen molar-refractivity contribution in [3.8, 4) is 11.5 Å². The first kappa shape index (κ1) is 12.8. The van der Waals surface area contributed by atoms with Crippen LogP contribution in [0.4, 0.5) is 0 Å². The van der Waals surface area contributed by atoms with Crippen molar-refractivity contribution in [2.75, 3.05) is 33.9 Å². The fourth-order valence-electron chi connectivity index (χ4n) is 1.37. The summed E-state index contributed by atoms with van der Waals surface area (Å²) in [4.78, 5) is 2.21. The first-order valence-electron chi connectivity index (χ1n) is 5.63. The third kappa shape index (κ3) is 3.74. The standard InChI is InChI=1S/C13H21NO2/c1-5-14(3)8-9-16-13-10-11(2)6-7-12(13)15-4/h6-7,10H,5,8-9H2,1-4H3. The number of aryl methyl sites for hydroxylation is 1. The molecule has 0 saturated carbocycles. The maximum atomic E-state index is 5.71. The second kappa shape index (κ2) is 6.38. The minimum absolute atomic E-state index is 0.685. The molecule has 0 aliphatic carbocycles. The fourth-order valence-corrected chi connectivity index (χ4v) is 1.37. The Morgan fingerprint density at radius 3 is 2.62 bits per heavy atom. The number of likely N-dealkylation sites (N-methyl/N-ethyl adjacent to an activating group) is 1. The van der Waals surface area contributed by atoms with E-state index in [0.29, 0.717) is 6.61 Å². The van der Waals surface area contributed by atoms with E-state index in [0.717, 1.165) is 24.6 Å². The lowest BCUT2D eigenvalue weighted by atomic mass is 10.2. The molecule has 3 heteroatoms. The molecule has 0 aliphatic heterocycles. The predicted molar refractivity (Wildman–Crippen MR) is 66.4 cm³/mol. The van der Waals surface area contributed by atoms with E-state index in [9.17, 15) is 0 Å². The van der Waals surface area contributed by atoms with Gasteiger partial charge in [0.15, 0.2) is 11.5 Å². The molecule has 90 valence electrons. The van der Waals surface area contributed by atoms with Gasteiger partial charge in [-0.3, -0.25) is 0 Å². The molecule has 1 rings (SSSR count). The van der Waals surface area contributed by atoms with Crippen LogP contribution in [-0.4, -0.2) is 38.8 Å². The third-order valence-corrected chi connectivity index (χ3v) is 2.59. The Morgan fingerprint density at radius 2 is 2.00 bits per heavy atom. The van der Waals surface area contributed by atoms with Crippen LogP contribution >= 0.6 is 0 Å². The second-order valence-electron chi connectivity index (χ2n) is 3.90. The van der Waals surface area contributed by atoms with Gasteiger partial charge in [0.1, 0.15) is 6.61 Å². The number of hydrogen-bond donors (Lipinski definition) is 0. The summed E-state index contributed by atoms with van der Waals surface area (Å²) in [6.45, 7) is 6.82. The number of nitrogens with zero attached hydrogens (tertiary/aromatic N) is 1. The average molecular weight is 223 g/mol. The first-order chi connectivity index (χ1) is 7.67. The average Bonchev–Trinajstić information content (AvgIpc) is 2.29. The number of benzene rings is 1. The minimum atomic E-state index is 0.685. The Labute approximate surface area is 98.0 Å². The van der Waals surface area contributed by atoms with Gasteiger partial charge in [-0.25, -0.2) is 0 Å². The SMILES string of the molecule is CCN(C)CCOc1cc(C)ccc1OC. The maximum Gasteiger partial charge on any atom is 0.161 e. The molecule has 0 unspecified atom stereocenters. The molecule has 0 amide bonds. The van der Waals surface area contributed by atoms with Crippen LogP contribution in [0, 0.1) is 6.92 Å². The zero-order valence-corrected chi connectivity index (χ0v) is 10.6. The van der Waals surface area contributed by atoms with E-state index in [1.165, 1.54) is 5.56 Å². The number of rotatable bonds is 6. The molecule has 0 atom stereocenters. The molecule has 0 aromatic heterocycles. The zero-order chi connectivity index (χ0) is 12.0. The highest BCUT2D eigenvalue weighted by atomic mass is 16.5. The molecule has 16 heavy (non-hydrogen) atoms. The fraction of sp³-hybridized carbons (Fsp3) is 0.538. The maximum absolute atomic E-state index is 5.71. The quantitative estimate of drug-likeness (QED) is 0.739. The normalized spacial score (nSPS) is 10.6. The van der Waals surface area contributed by atoms with Crippen LogP contribution < -0.4 is 9.47 Å². The van der Waals surface area contributed by atoms with Gasteiger partial charge >= 0.3 is 0 Å². The van der Waals surface area contributed by atoms with Gasteiger partial charge in [0.05, 0.1) is 7.11 Å². The summed E-state index contributed by atoms with van der Waals surface area (Å²) < 4.78 is 11.0. The van der Waals surface area contributed by atoms with Crippen molar-refractivity contribution in [1.82, 2.24) is 4.90 Å². The molecule has 0 heterocycles. The van der Waals surface area contributed by atoms with Gasteiger partial charge in [-0.2, -0.15) is 0 Å². The lowest BCUT2D eigenvalue weighted by molar-refractivity contribution is 0.235. The van der Waals surface area contributed by atoms with Crippen molar-refractivity contribution in [2.45, 2.75) is 13.8 Å². The van der Waals surface area contributed by atoms with Crippen molar-refractivity contribution in [1.29, 1.82) is 0 Å². The second-order valence-corrected chi connectivity index (χ2v) is 3.90. The summed E-state index contributed by atoms with van der Waals surface area (Å²) in [5, 5.41) is 0. The Balaban J connectivity index is 2.55. The van der Waals surface area contributed by atoms with Crippen LogP contribution in [0.3, 0.4) is 0 Å². The highest BCUT2D eigenvalue weighted by molar-refractivity contribution is 5.42. The summed E-state index contributed by atoms with van der Waals surface area (Å²) in [6, 6.07) is 5.96. The van der Waals surface area contributed by atoms with Gasteiger partial charge < -0.3 is 14.4 Å². The predicted octanol–water partition coefficient (Wildman–Crippen LogP) is 2.33. The Morgan fingerprint density at radius 1 is 1.25 bits per heavy atom. The van der Waals surface area contributed by atoms with Crippen LogP contribution in [0.25, 0.3) is 0 Å². The van der Waals surface area contributed by atoms with Gasteiger partial charge in [0.2, 0.25) is 0 Å². The van der Waals surface area contributed by atoms with Crippen molar-refractivity contribution < 1.29 is 9.47 Å². The van der Waals surface area contributed by atoms with Crippen molar-refractivity contribution >= 4 is 0 Å².